The number of nitrogens with one attached hydrogen (secondary N) is 1. The van der Waals surface area contributed by atoms with Gasteiger partial charge in [-0.05, 0) is 26.2 Å². The Morgan fingerprint density at radius 2 is 1.94 bits per heavy atom. The van der Waals surface area contributed by atoms with Gasteiger partial charge in [-0.25, -0.2) is 0 Å². The maximum Gasteiger partial charge on any atom is 0.401 e. The number of halogens is 3. The van der Waals surface area contributed by atoms with Crippen molar-refractivity contribution in [3.8, 4) is 0 Å². The third kappa shape index (κ3) is 4.96. The lowest BCUT2D eigenvalue weighted by Gasteiger charge is -2.17. The van der Waals surface area contributed by atoms with Crippen LogP contribution >= 0.6 is 11.3 Å². The fourth-order valence-electron chi connectivity index (χ4n) is 1.40. The van der Waals surface area contributed by atoms with Crippen LogP contribution in [-0.2, 0) is 13.1 Å². The zero-order valence-electron chi connectivity index (χ0n) is 9.27. The summed E-state index contributed by atoms with van der Waals surface area (Å²) in [6, 6.07) is 3.82. The molecule has 0 aliphatic rings. The van der Waals surface area contributed by atoms with Crippen LogP contribution in [0.25, 0.3) is 0 Å². The molecule has 0 atom stereocenters. The van der Waals surface area contributed by atoms with Crippen LogP contribution in [0.15, 0.2) is 12.1 Å². The van der Waals surface area contributed by atoms with Gasteiger partial charge in [-0.3, -0.25) is 4.90 Å². The highest BCUT2D eigenvalue weighted by Crippen LogP contribution is 2.20. The van der Waals surface area contributed by atoms with Crippen LogP contribution in [0.4, 0.5) is 13.2 Å². The highest BCUT2D eigenvalue weighted by atomic mass is 32.1. The first-order chi connectivity index (χ1) is 7.40. The molecule has 1 N–H and O–H groups in total. The minimum Gasteiger partial charge on any atom is -0.315 e. The maximum absolute atomic E-state index is 12.1. The summed E-state index contributed by atoms with van der Waals surface area (Å²) in [5, 5.41) is 3.01. The van der Waals surface area contributed by atoms with Gasteiger partial charge < -0.3 is 5.32 Å². The number of hydrogen-bond donors (Lipinski definition) is 1. The quantitative estimate of drug-likeness (QED) is 0.866. The molecule has 0 aromatic carbocycles. The van der Waals surface area contributed by atoms with Crippen LogP contribution in [-0.4, -0.2) is 31.7 Å². The number of thiophene rings is 1. The van der Waals surface area contributed by atoms with Crippen LogP contribution in [0, 0.1) is 0 Å². The largest absolute Gasteiger partial charge is 0.401 e. The van der Waals surface area contributed by atoms with E-state index in [0.717, 1.165) is 16.3 Å². The highest BCUT2D eigenvalue weighted by molar-refractivity contribution is 7.11. The van der Waals surface area contributed by atoms with Gasteiger partial charge in [0.15, 0.2) is 0 Å². The van der Waals surface area contributed by atoms with Crippen molar-refractivity contribution >= 4 is 11.3 Å². The summed E-state index contributed by atoms with van der Waals surface area (Å²) in [6.45, 7) is 0.230. The Kier molecular flexibility index (Phi) is 4.76. The Labute approximate surface area is 97.1 Å². The van der Waals surface area contributed by atoms with Gasteiger partial charge in [0.1, 0.15) is 0 Å². The molecule has 0 bridgehead atoms. The molecule has 0 amide bonds. The molecule has 0 aliphatic carbocycles. The second-order valence-electron chi connectivity index (χ2n) is 3.69. The van der Waals surface area contributed by atoms with Crippen molar-refractivity contribution in [3.63, 3.8) is 0 Å². The van der Waals surface area contributed by atoms with Crippen LogP contribution in [0.3, 0.4) is 0 Å². The molecule has 6 heteroatoms. The minimum atomic E-state index is -4.13. The summed E-state index contributed by atoms with van der Waals surface area (Å²) in [5.74, 6) is 0. The molecule has 0 spiro atoms. The molecular weight excluding hydrogens is 237 g/mol. The third-order valence-corrected chi connectivity index (χ3v) is 3.01. The van der Waals surface area contributed by atoms with Crippen molar-refractivity contribution in [2.75, 3.05) is 20.6 Å². The van der Waals surface area contributed by atoms with Crippen LogP contribution < -0.4 is 5.32 Å². The Bertz CT molecular complexity index is 322. The summed E-state index contributed by atoms with van der Waals surface area (Å²) in [6.07, 6.45) is -4.13. The zero-order chi connectivity index (χ0) is 12.2. The first-order valence-electron chi connectivity index (χ1n) is 4.88. The lowest BCUT2D eigenvalue weighted by atomic mass is 10.4. The molecule has 2 nitrogen and oxygen atoms in total. The normalized spacial score (nSPS) is 12.4. The second-order valence-corrected chi connectivity index (χ2v) is 4.94. The van der Waals surface area contributed by atoms with E-state index in [0.29, 0.717) is 6.54 Å². The molecule has 0 saturated carbocycles. The fraction of sp³-hybridized carbons (Fsp3) is 0.600. The van der Waals surface area contributed by atoms with Crippen LogP contribution in [0.5, 0.6) is 0 Å². The van der Waals surface area contributed by atoms with E-state index in [1.165, 1.54) is 11.9 Å². The van der Waals surface area contributed by atoms with E-state index >= 15 is 0 Å². The van der Waals surface area contributed by atoms with Crippen LogP contribution in [0.2, 0.25) is 0 Å². The van der Waals surface area contributed by atoms with Crippen molar-refractivity contribution in [2.45, 2.75) is 19.3 Å². The van der Waals surface area contributed by atoms with Gasteiger partial charge in [0, 0.05) is 22.8 Å². The van der Waals surface area contributed by atoms with E-state index in [4.69, 9.17) is 0 Å². The topological polar surface area (TPSA) is 15.3 Å². The molecule has 1 rings (SSSR count). The Morgan fingerprint density at radius 3 is 2.50 bits per heavy atom. The smallest absolute Gasteiger partial charge is 0.315 e. The lowest BCUT2D eigenvalue weighted by molar-refractivity contribution is -0.143. The SMILES string of the molecule is CNCc1ccc(CN(C)CC(F)(F)F)s1. The van der Waals surface area contributed by atoms with Gasteiger partial charge in [-0.2, -0.15) is 13.2 Å². The van der Waals surface area contributed by atoms with Crippen molar-refractivity contribution < 1.29 is 13.2 Å². The average Bonchev–Trinajstić information content (AvgIpc) is 2.49. The predicted octanol–water partition coefficient (Wildman–Crippen LogP) is 2.46. The molecule has 16 heavy (non-hydrogen) atoms. The van der Waals surface area contributed by atoms with E-state index in [2.05, 4.69) is 5.32 Å². The van der Waals surface area contributed by atoms with E-state index < -0.39 is 12.7 Å². The average molecular weight is 252 g/mol. The molecular formula is C10H15F3N2S. The zero-order valence-corrected chi connectivity index (χ0v) is 10.1. The number of rotatable bonds is 5. The van der Waals surface area contributed by atoms with Crippen molar-refractivity contribution in [1.82, 2.24) is 10.2 Å². The van der Waals surface area contributed by atoms with Gasteiger partial charge >= 0.3 is 6.18 Å². The molecule has 0 radical (unpaired) electrons. The number of nitrogens with zero attached hydrogens (tertiary/aromatic N) is 1. The number of hydrogen-bond acceptors (Lipinski definition) is 3. The van der Waals surface area contributed by atoms with E-state index in [-0.39, 0.29) is 0 Å². The molecule has 1 aromatic rings. The fourth-order valence-corrected chi connectivity index (χ4v) is 2.51. The molecule has 0 fully saturated rings. The second kappa shape index (κ2) is 5.65. The van der Waals surface area contributed by atoms with E-state index in [1.807, 2.05) is 19.2 Å². The van der Waals surface area contributed by atoms with E-state index in [9.17, 15) is 13.2 Å². The Balaban J connectivity index is 2.46. The lowest BCUT2D eigenvalue weighted by Crippen LogP contribution is -2.30. The van der Waals surface area contributed by atoms with Crippen LogP contribution in [0.1, 0.15) is 9.75 Å². The summed E-state index contributed by atoms with van der Waals surface area (Å²) in [4.78, 5) is 3.37. The van der Waals surface area contributed by atoms with Crippen molar-refractivity contribution in [3.05, 3.63) is 21.9 Å². The first-order valence-corrected chi connectivity index (χ1v) is 5.70. The summed E-state index contributed by atoms with van der Waals surface area (Å²) in [7, 11) is 3.32. The van der Waals surface area contributed by atoms with Gasteiger partial charge in [-0.15, -0.1) is 11.3 Å². The summed E-state index contributed by atoms with van der Waals surface area (Å²) < 4.78 is 36.3. The predicted molar refractivity (Wildman–Crippen MR) is 59.5 cm³/mol. The molecule has 0 saturated heterocycles. The first kappa shape index (κ1) is 13.5. The standard InChI is InChI=1S/C10H15F3N2S/c1-14-5-8-3-4-9(16-8)6-15(2)7-10(11,12)13/h3-4,14H,5-7H2,1-2H3. The van der Waals surface area contributed by atoms with Gasteiger partial charge in [0.05, 0.1) is 6.54 Å². The van der Waals surface area contributed by atoms with Gasteiger partial charge in [0.25, 0.3) is 0 Å². The molecule has 92 valence electrons. The third-order valence-electron chi connectivity index (χ3n) is 1.94. The molecule has 1 aromatic heterocycles. The monoisotopic (exact) mass is 252 g/mol. The summed E-state index contributed by atoms with van der Waals surface area (Å²) >= 11 is 1.54. The molecule has 1 heterocycles. The Morgan fingerprint density at radius 1 is 1.31 bits per heavy atom. The maximum atomic E-state index is 12.1. The molecule has 0 unspecified atom stereocenters. The van der Waals surface area contributed by atoms with Gasteiger partial charge in [-0.1, -0.05) is 0 Å². The Hall–Kier alpha value is -0.590. The van der Waals surface area contributed by atoms with Gasteiger partial charge in [0.2, 0.25) is 0 Å². The van der Waals surface area contributed by atoms with E-state index in [1.54, 1.807) is 11.3 Å². The highest BCUT2D eigenvalue weighted by Gasteiger charge is 2.29. The number of alkyl halides is 3. The molecule has 0 aliphatic heterocycles. The van der Waals surface area contributed by atoms with Crippen molar-refractivity contribution in [2.24, 2.45) is 0 Å². The summed E-state index contributed by atoms with van der Waals surface area (Å²) in [5.41, 5.74) is 0. The van der Waals surface area contributed by atoms with Crippen molar-refractivity contribution in [1.29, 1.82) is 0 Å². The minimum absolute atomic E-state index is 0.341.